The number of anilines is 1. The van der Waals surface area contributed by atoms with E-state index in [1.165, 1.54) is 0 Å². The second-order valence-corrected chi connectivity index (χ2v) is 6.56. The van der Waals surface area contributed by atoms with Crippen molar-refractivity contribution in [2.75, 3.05) is 31.5 Å². The number of piperazine rings is 1. The Bertz CT molecular complexity index is 762. The third-order valence-corrected chi connectivity index (χ3v) is 4.54. The second kappa shape index (κ2) is 9.18. The molecule has 1 saturated heterocycles. The van der Waals surface area contributed by atoms with Crippen LogP contribution in [-0.2, 0) is 16.1 Å². The fraction of sp³-hybridized carbons (Fsp3) is 0.421. The van der Waals surface area contributed by atoms with E-state index in [2.05, 4.69) is 20.9 Å². The number of hydrogen-bond donors (Lipinski definition) is 3. The summed E-state index contributed by atoms with van der Waals surface area (Å²) >= 11 is 0. The number of carbonyl (C=O) groups is 2. The lowest BCUT2D eigenvalue weighted by Crippen LogP contribution is -2.56. The molecule has 8 heteroatoms. The highest BCUT2D eigenvalue weighted by atomic mass is 16.3. The van der Waals surface area contributed by atoms with Gasteiger partial charge in [-0.25, -0.2) is 4.98 Å². The summed E-state index contributed by atoms with van der Waals surface area (Å²) in [6.45, 7) is 4.88. The topological polar surface area (TPSA) is 99.5 Å². The van der Waals surface area contributed by atoms with Gasteiger partial charge in [0.15, 0.2) is 0 Å². The van der Waals surface area contributed by atoms with Crippen LogP contribution in [-0.4, -0.2) is 53.9 Å². The van der Waals surface area contributed by atoms with E-state index in [0.29, 0.717) is 32.7 Å². The normalized spacial score (nSPS) is 17.4. The Morgan fingerprint density at radius 3 is 3.07 bits per heavy atom. The van der Waals surface area contributed by atoms with Crippen LogP contribution in [0.25, 0.3) is 0 Å². The number of rotatable bonds is 8. The highest BCUT2D eigenvalue weighted by Gasteiger charge is 2.31. The molecule has 3 rings (SSSR count). The first kappa shape index (κ1) is 18.9. The number of aryl methyl sites for hydroxylation is 1. The maximum atomic E-state index is 12.3. The number of hydrogen-bond acceptors (Lipinski definition) is 6. The molecule has 1 aliphatic rings. The van der Waals surface area contributed by atoms with Crippen LogP contribution in [0.3, 0.4) is 0 Å². The highest BCUT2D eigenvalue weighted by Crippen LogP contribution is 2.14. The first-order valence-electron chi connectivity index (χ1n) is 9.08. The molecule has 2 aromatic heterocycles. The van der Waals surface area contributed by atoms with E-state index in [0.717, 1.165) is 16.9 Å². The van der Waals surface area contributed by atoms with Crippen LogP contribution in [0.2, 0.25) is 0 Å². The Balaban J connectivity index is 1.46. The largest absolute Gasteiger partial charge is 0.472 e. The van der Waals surface area contributed by atoms with Crippen molar-refractivity contribution in [1.29, 1.82) is 0 Å². The van der Waals surface area contributed by atoms with Gasteiger partial charge in [-0.2, -0.15) is 0 Å². The predicted molar refractivity (Wildman–Crippen MR) is 101 cm³/mol. The molecule has 3 heterocycles. The molecule has 1 unspecified atom stereocenters. The van der Waals surface area contributed by atoms with E-state index in [1.807, 2.05) is 30.0 Å². The molecule has 8 nitrogen and oxygen atoms in total. The summed E-state index contributed by atoms with van der Waals surface area (Å²) in [5.41, 5.74) is 2.04. The summed E-state index contributed by atoms with van der Waals surface area (Å²) in [6.07, 6.45) is 5.13. The lowest BCUT2D eigenvalue weighted by molar-refractivity contribution is -0.134. The van der Waals surface area contributed by atoms with Crippen LogP contribution in [0.4, 0.5) is 5.82 Å². The quantitative estimate of drug-likeness (QED) is 0.597. The van der Waals surface area contributed by atoms with Gasteiger partial charge in [0.25, 0.3) is 0 Å². The lowest BCUT2D eigenvalue weighted by Gasteiger charge is -2.34. The molecular weight excluding hydrogens is 346 g/mol. The van der Waals surface area contributed by atoms with Crippen molar-refractivity contribution in [3.8, 4) is 0 Å². The first-order chi connectivity index (χ1) is 13.1. The Kier molecular flexibility index (Phi) is 6.43. The average molecular weight is 371 g/mol. The van der Waals surface area contributed by atoms with E-state index in [-0.39, 0.29) is 18.2 Å². The van der Waals surface area contributed by atoms with Crippen LogP contribution in [0.15, 0.2) is 41.3 Å². The standard InChI is InChI=1S/C19H25N5O3/c1-14-3-2-5-21-18(14)22-7-6-20-17(25)11-16-19(26)23-8-9-24(16)12-15-4-10-27-13-15/h2-5,10,13,16H,6-9,11-12H2,1H3,(H,20,25)(H,21,22)(H,23,26). The van der Waals surface area contributed by atoms with Gasteiger partial charge in [-0.05, 0) is 24.6 Å². The molecule has 0 radical (unpaired) electrons. The summed E-state index contributed by atoms with van der Waals surface area (Å²) in [6, 6.07) is 5.26. The molecule has 27 heavy (non-hydrogen) atoms. The zero-order valence-electron chi connectivity index (χ0n) is 15.4. The van der Waals surface area contributed by atoms with E-state index < -0.39 is 6.04 Å². The maximum Gasteiger partial charge on any atom is 0.237 e. The van der Waals surface area contributed by atoms with E-state index >= 15 is 0 Å². The molecule has 2 amide bonds. The van der Waals surface area contributed by atoms with Gasteiger partial charge in [-0.3, -0.25) is 14.5 Å². The highest BCUT2D eigenvalue weighted by molar-refractivity contribution is 5.88. The molecule has 0 saturated carbocycles. The van der Waals surface area contributed by atoms with Crippen LogP contribution < -0.4 is 16.0 Å². The van der Waals surface area contributed by atoms with Crippen molar-refractivity contribution in [2.45, 2.75) is 25.9 Å². The molecule has 2 aromatic rings. The molecule has 144 valence electrons. The average Bonchev–Trinajstić information content (AvgIpc) is 3.16. The molecule has 0 aliphatic carbocycles. The summed E-state index contributed by atoms with van der Waals surface area (Å²) in [7, 11) is 0. The molecule has 1 fully saturated rings. The number of pyridine rings is 1. The van der Waals surface area contributed by atoms with Gasteiger partial charge < -0.3 is 20.4 Å². The number of amides is 2. The number of aromatic nitrogens is 1. The van der Waals surface area contributed by atoms with Gasteiger partial charge in [0.1, 0.15) is 5.82 Å². The van der Waals surface area contributed by atoms with Gasteiger partial charge in [0.2, 0.25) is 11.8 Å². The lowest BCUT2D eigenvalue weighted by atomic mass is 10.1. The molecular formula is C19H25N5O3. The Morgan fingerprint density at radius 1 is 1.41 bits per heavy atom. The molecule has 0 bridgehead atoms. The Labute approximate surface area is 158 Å². The number of nitrogens with one attached hydrogen (secondary N) is 3. The number of nitrogens with zero attached hydrogens (tertiary/aromatic N) is 2. The number of furan rings is 1. The maximum absolute atomic E-state index is 12.3. The summed E-state index contributed by atoms with van der Waals surface area (Å²) in [5, 5.41) is 8.90. The molecule has 0 aromatic carbocycles. The zero-order valence-corrected chi connectivity index (χ0v) is 15.4. The zero-order chi connectivity index (χ0) is 19.1. The molecule has 1 atom stereocenters. The van der Waals surface area contributed by atoms with Crippen molar-refractivity contribution < 1.29 is 14.0 Å². The Hall–Kier alpha value is -2.87. The van der Waals surface area contributed by atoms with Crippen LogP contribution in [0.5, 0.6) is 0 Å². The minimum absolute atomic E-state index is 0.109. The van der Waals surface area contributed by atoms with Crippen molar-refractivity contribution >= 4 is 17.6 Å². The van der Waals surface area contributed by atoms with Gasteiger partial charge in [0.05, 0.1) is 25.0 Å². The van der Waals surface area contributed by atoms with Crippen LogP contribution in [0.1, 0.15) is 17.5 Å². The van der Waals surface area contributed by atoms with Gasteiger partial charge in [-0.15, -0.1) is 0 Å². The van der Waals surface area contributed by atoms with E-state index in [1.54, 1.807) is 18.7 Å². The molecule has 1 aliphatic heterocycles. The van der Waals surface area contributed by atoms with E-state index in [9.17, 15) is 9.59 Å². The summed E-state index contributed by atoms with van der Waals surface area (Å²) in [5.74, 6) is 0.556. The smallest absolute Gasteiger partial charge is 0.237 e. The van der Waals surface area contributed by atoms with E-state index in [4.69, 9.17) is 4.42 Å². The van der Waals surface area contributed by atoms with Crippen LogP contribution >= 0.6 is 0 Å². The third kappa shape index (κ3) is 5.30. The summed E-state index contributed by atoms with van der Waals surface area (Å²) < 4.78 is 5.09. The van der Waals surface area contributed by atoms with Gasteiger partial charge in [-0.1, -0.05) is 6.07 Å². The van der Waals surface area contributed by atoms with Crippen LogP contribution in [0, 0.1) is 6.92 Å². The monoisotopic (exact) mass is 371 g/mol. The first-order valence-corrected chi connectivity index (χ1v) is 9.08. The fourth-order valence-electron chi connectivity index (χ4n) is 3.09. The predicted octanol–water partition coefficient (Wildman–Crippen LogP) is 0.902. The molecule has 0 spiro atoms. The van der Waals surface area contributed by atoms with Crippen molar-refractivity contribution in [1.82, 2.24) is 20.5 Å². The van der Waals surface area contributed by atoms with Crippen molar-refractivity contribution in [2.24, 2.45) is 0 Å². The minimum atomic E-state index is -0.473. The van der Waals surface area contributed by atoms with Crippen molar-refractivity contribution in [3.05, 3.63) is 48.0 Å². The third-order valence-electron chi connectivity index (χ3n) is 4.54. The molecule has 3 N–H and O–H groups in total. The number of carbonyl (C=O) groups excluding carboxylic acids is 2. The second-order valence-electron chi connectivity index (χ2n) is 6.56. The summed E-state index contributed by atoms with van der Waals surface area (Å²) in [4.78, 5) is 30.8. The SMILES string of the molecule is Cc1cccnc1NCCNC(=O)CC1C(=O)NCCN1Cc1ccoc1. The van der Waals surface area contributed by atoms with Gasteiger partial charge in [0, 0.05) is 44.5 Å². The van der Waals surface area contributed by atoms with Gasteiger partial charge >= 0.3 is 0 Å². The fourth-order valence-corrected chi connectivity index (χ4v) is 3.09. The minimum Gasteiger partial charge on any atom is -0.472 e. The van der Waals surface area contributed by atoms with Crippen molar-refractivity contribution in [3.63, 3.8) is 0 Å². The Morgan fingerprint density at radius 2 is 2.30 bits per heavy atom.